The van der Waals surface area contributed by atoms with Crippen LogP contribution in [0, 0.1) is 6.92 Å². The minimum atomic E-state index is -4.43. The Balaban J connectivity index is 1.70. The number of aryl methyl sites for hydroxylation is 1. The lowest BCUT2D eigenvalue weighted by Crippen LogP contribution is -2.05. The number of hydrogen-bond donors (Lipinski definition) is 0. The second kappa shape index (κ2) is 8.28. The Morgan fingerprint density at radius 3 is 2.54 bits per heavy atom. The summed E-state index contributed by atoms with van der Waals surface area (Å²) in [6, 6.07) is 9.13. The summed E-state index contributed by atoms with van der Waals surface area (Å²) in [5.41, 5.74) is 9.30. The quantitative estimate of drug-likeness (QED) is 0.279. The van der Waals surface area contributed by atoms with Crippen LogP contribution in [0.25, 0.3) is 21.0 Å². The van der Waals surface area contributed by atoms with Crippen molar-refractivity contribution in [3.63, 3.8) is 0 Å². The van der Waals surface area contributed by atoms with Crippen molar-refractivity contribution in [2.45, 2.75) is 19.5 Å². The van der Waals surface area contributed by atoms with Gasteiger partial charge in [0.05, 0.1) is 11.3 Å². The molecule has 28 heavy (non-hydrogen) atoms. The van der Waals surface area contributed by atoms with E-state index in [9.17, 15) is 13.2 Å². The van der Waals surface area contributed by atoms with Crippen LogP contribution in [0.5, 0.6) is 11.6 Å². The van der Waals surface area contributed by atoms with E-state index in [1.807, 2.05) is 19.1 Å². The maximum atomic E-state index is 12.6. The third-order valence-corrected chi connectivity index (χ3v) is 4.85. The summed E-state index contributed by atoms with van der Waals surface area (Å²) in [4.78, 5) is 12.0. The maximum absolute atomic E-state index is 12.6. The molecule has 0 saturated carbocycles. The average molecular weight is 405 g/mol. The molecule has 0 unspecified atom stereocenters. The van der Waals surface area contributed by atoms with Crippen molar-refractivity contribution in [2.75, 3.05) is 6.54 Å². The predicted molar refractivity (Wildman–Crippen MR) is 99.3 cm³/mol. The number of halogens is 3. The van der Waals surface area contributed by atoms with Gasteiger partial charge in [-0.3, -0.25) is 0 Å². The normalized spacial score (nSPS) is 11.1. The van der Waals surface area contributed by atoms with Crippen molar-refractivity contribution in [1.82, 2.24) is 9.97 Å². The van der Waals surface area contributed by atoms with Crippen molar-refractivity contribution in [3.8, 4) is 22.2 Å². The van der Waals surface area contributed by atoms with E-state index in [-0.39, 0.29) is 5.88 Å². The topological polar surface area (TPSA) is 83.8 Å². The van der Waals surface area contributed by atoms with Gasteiger partial charge in [0.25, 0.3) is 0 Å². The molecule has 3 rings (SSSR count). The molecule has 144 valence electrons. The highest BCUT2D eigenvalue weighted by molar-refractivity contribution is 7.15. The smallest absolute Gasteiger partial charge is 0.417 e. The summed E-state index contributed by atoms with van der Waals surface area (Å²) in [5.74, 6) is 0.527. The molecule has 0 atom stereocenters. The van der Waals surface area contributed by atoms with Gasteiger partial charge in [-0.1, -0.05) is 5.11 Å². The van der Waals surface area contributed by atoms with E-state index in [1.54, 1.807) is 12.1 Å². The highest BCUT2D eigenvalue weighted by Gasteiger charge is 2.30. The SMILES string of the molecule is Cc1sc(-c2ccc(Oc3ccc(C(F)(F)F)cn3)cc2)nc1CCN=[N+]=[N-]. The first-order valence-electron chi connectivity index (χ1n) is 8.15. The minimum absolute atomic E-state index is 0.0752. The van der Waals surface area contributed by atoms with E-state index in [4.69, 9.17) is 10.3 Å². The van der Waals surface area contributed by atoms with E-state index < -0.39 is 11.7 Å². The van der Waals surface area contributed by atoms with Gasteiger partial charge < -0.3 is 4.74 Å². The van der Waals surface area contributed by atoms with Gasteiger partial charge in [-0.2, -0.15) is 13.2 Å². The van der Waals surface area contributed by atoms with E-state index in [0.717, 1.165) is 33.4 Å². The summed E-state index contributed by atoms with van der Waals surface area (Å²) in [7, 11) is 0. The molecule has 0 aliphatic rings. The van der Waals surface area contributed by atoms with Crippen LogP contribution in [0.4, 0.5) is 13.2 Å². The van der Waals surface area contributed by atoms with E-state index in [0.29, 0.717) is 18.7 Å². The number of ether oxygens (including phenoxy) is 1. The lowest BCUT2D eigenvalue weighted by atomic mass is 10.2. The summed E-state index contributed by atoms with van der Waals surface area (Å²) in [6.07, 6.45) is -3.12. The van der Waals surface area contributed by atoms with Crippen molar-refractivity contribution in [1.29, 1.82) is 0 Å². The molecular formula is C18H14F3N5OS. The molecule has 0 aliphatic carbocycles. The second-order valence-corrected chi connectivity index (χ2v) is 6.94. The summed E-state index contributed by atoms with van der Waals surface area (Å²) < 4.78 is 43.2. The molecular weight excluding hydrogens is 391 g/mol. The number of benzene rings is 1. The van der Waals surface area contributed by atoms with Gasteiger partial charge in [0.15, 0.2) is 0 Å². The molecule has 0 N–H and O–H groups in total. The van der Waals surface area contributed by atoms with Crippen LogP contribution in [0.3, 0.4) is 0 Å². The van der Waals surface area contributed by atoms with E-state index >= 15 is 0 Å². The molecule has 10 heteroatoms. The summed E-state index contributed by atoms with van der Waals surface area (Å²) in [5, 5.41) is 4.35. The van der Waals surface area contributed by atoms with Crippen molar-refractivity contribution in [2.24, 2.45) is 5.11 Å². The highest BCUT2D eigenvalue weighted by atomic mass is 32.1. The summed E-state index contributed by atoms with van der Waals surface area (Å²) in [6.45, 7) is 2.31. The molecule has 0 radical (unpaired) electrons. The van der Waals surface area contributed by atoms with Crippen LogP contribution in [0.15, 0.2) is 47.7 Å². The van der Waals surface area contributed by atoms with Crippen molar-refractivity contribution in [3.05, 3.63) is 69.2 Å². The average Bonchev–Trinajstić information content (AvgIpc) is 3.03. The molecule has 3 aromatic rings. The molecule has 2 aromatic heterocycles. The van der Waals surface area contributed by atoms with Gasteiger partial charge in [-0.15, -0.1) is 11.3 Å². The molecule has 0 fully saturated rings. The number of thiazole rings is 1. The number of aromatic nitrogens is 2. The Labute approximate surface area is 162 Å². The molecule has 0 bridgehead atoms. The predicted octanol–water partition coefficient (Wildman–Crippen LogP) is 6.18. The largest absolute Gasteiger partial charge is 0.439 e. The van der Waals surface area contributed by atoms with Crippen molar-refractivity contribution >= 4 is 11.3 Å². The van der Waals surface area contributed by atoms with Crippen LogP contribution in [-0.2, 0) is 12.6 Å². The van der Waals surface area contributed by atoms with Gasteiger partial charge in [0.1, 0.15) is 10.8 Å². The summed E-state index contributed by atoms with van der Waals surface area (Å²) >= 11 is 1.53. The Bertz CT molecular complexity index is 994. The number of hydrogen-bond acceptors (Lipinski definition) is 5. The first-order valence-corrected chi connectivity index (χ1v) is 8.97. The van der Waals surface area contributed by atoms with E-state index in [2.05, 4.69) is 20.0 Å². The van der Waals surface area contributed by atoms with Crippen LogP contribution in [-0.4, -0.2) is 16.5 Å². The van der Waals surface area contributed by atoms with Crippen LogP contribution >= 0.6 is 11.3 Å². The van der Waals surface area contributed by atoms with Gasteiger partial charge in [0, 0.05) is 34.2 Å². The fraction of sp³-hybridized carbons (Fsp3) is 0.222. The molecule has 0 amide bonds. The fourth-order valence-electron chi connectivity index (χ4n) is 2.38. The van der Waals surface area contributed by atoms with Crippen molar-refractivity contribution < 1.29 is 17.9 Å². The molecule has 1 aromatic carbocycles. The fourth-order valence-corrected chi connectivity index (χ4v) is 3.34. The zero-order valence-corrected chi connectivity index (χ0v) is 15.5. The number of nitrogens with zero attached hydrogens (tertiary/aromatic N) is 5. The Kier molecular flexibility index (Phi) is 5.81. The molecule has 6 nitrogen and oxygen atoms in total. The van der Waals surface area contributed by atoms with Crippen LogP contribution < -0.4 is 4.74 Å². The number of pyridine rings is 1. The Morgan fingerprint density at radius 2 is 1.93 bits per heavy atom. The zero-order valence-electron chi connectivity index (χ0n) is 14.6. The van der Waals surface area contributed by atoms with Gasteiger partial charge in [-0.05, 0) is 49.2 Å². The Morgan fingerprint density at radius 1 is 1.18 bits per heavy atom. The molecule has 0 saturated heterocycles. The lowest BCUT2D eigenvalue weighted by Gasteiger charge is -2.08. The van der Waals surface area contributed by atoms with Crippen LogP contribution in [0.2, 0.25) is 0 Å². The van der Waals surface area contributed by atoms with E-state index in [1.165, 1.54) is 17.4 Å². The number of rotatable bonds is 6. The zero-order chi connectivity index (χ0) is 20.1. The third-order valence-electron chi connectivity index (χ3n) is 3.79. The lowest BCUT2D eigenvalue weighted by molar-refractivity contribution is -0.137. The maximum Gasteiger partial charge on any atom is 0.417 e. The molecule has 2 heterocycles. The molecule has 0 aliphatic heterocycles. The molecule has 0 spiro atoms. The monoisotopic (exact) mass is 405 g/mol. The Hall–Kier alpha value is -3.10. The minimum Gasteiger partial charge on any atom is -0.439 e. The van der Waals surface area contributed by atoms with Gasteiger partial charge in [-0.25, -0.2) is 9.97 Å². The first-order chi connectivity index (χ1) is 13.4. The van der Waals surface area contributed by atoms with Crippen LogP contribution in [0.1, 0.15) is 16.1 Å². The third kappa shape index (κ3) is 4.79. The number of alkyl halides is 3. The highest BCUT2D eigenvalue weighted by Crippen LogP contribution is 2.32. The first kappa shape index (κ1) is 19.7. The standard InChI is InChI=1S/C18H14F3N5OS/c1-11-15(8-9-24-26-22)25-17(28-11)12-2-5-14(6-3-12)27-16-7-4-13(10-23-16)18(19,20)21/h2-7,10H,8-9H2,1H3. The number of azide groups is 1. The second-order valence-electron chi connectivity index (χ2n) is 5.74. The van der Waals surface area contributed by atoms with Gasteiger partial charge >= 0.3 is 6.18 Å². The van der Waals surface area contributed by atoms with Gasteiger partial charge in [0.2, 0.25) is 5.88 Å².